The van der Waals surface area contributed by atoms with E-state index in [0.717, 1.165) is 23.0 Å². The van der Waals surface area contributed by atoms with Crippen molar-refractivity contribution < 1.29 is 5.11 Å². The van der Waals surface area contributed by atoms with Crippen molar-refractivity contribution in [3.05, 3.63) is 51.8 Å². The van der Waals surface area contributed by atoms with Crippen LogP contribution in [0, 0.1) is 19.8 Å². The standard InChI is InChI=1S/C18H24ClN3O/c1-12-17(13(2)22(21-12)9-10-23)11-20-18(14-3-4-14)15-5-7-16(19)8-6-15/h5-8,14,18,20,23H,3-4,9-11H2,1-2H3/t18-/m0/s1. The van der Waals surface area contributed by atoms with Crippen molar-refractivity contribution >= 4 is 11.6 Å². The number of halogens is 1. The number of hydrogen-bond acceptors (Lipinski definition) is 3. The molecule has 0 bridgehead atoms. The Bertz CT molecular complexity index is 662. The minimum atomic E-state index is 0.115. The highest BCUT2D eigenvalue weighted by Crippen LogP contribution is 2.41. The largest absolute Gasteiger partial charge is 0.394 e. The molecule has 1 heterocycles. The average molecular weight is 334 g/mol. The van der Waals surface area contributed by atoms with Gasteiger partial charge in [-0.1, -0.05) is 23.7 Å². The van der Waals surface area contributed by atoms with E-state index < -0.39 is 0 Å². The van der Waals surface area contributed by atoms with Crippen LogP contribution in [0.3, 0.4) is 0 Å². The van der Waals surface area contributed by atoms with Gasteiger partial charge in [0.1, 0.15) is 0 Å². The summed E-state index contributed by atoms with van der Waals surface area (Å²) in [5.74, 6) is 0.712. The quantitative estimate of drug-likeness (QED) is 0.816. The number of nitrogens with one attached hydrogen (secondary N) is 1. The van der Waals surface area contributed by atoms with Crippen molar-refractivity contribution in [3.63, 3.8) is 0 Å². The molecule has 3 rings (SSSR count). The smallest absolute Gasteiger partial charge is 0.0644 e. The Hall–Kier alpha value is -1.36. The molecule has 23 heavy (non-hydrogen) atoms. The van der Waals surface area contributed by atoms with Crippen LogP contribution in [0.5, 0.6) is 0 Å². The Kier molecular flexibility index (Phi) is 5.05. The van der Waals surface area contributed by atoms with Gasteiger partial charge in [0.05, 0.1) is 18.8 Å². The molecule has 1 aromatic heterocycles. The third kappa shape index (κ3) is 3.77. The number of benzene rings is 1. The molecule has 5 heteroatoms. The van der Waals surface area contributed by atoms with E-state index in [2.05, 4.69) is 29.5 Å². The summed E-state index contributed by atoms with van der Waals surface area (Å²) >= 11 is 6.01. The Morgan fingerprint density at radius 3 is 2.61 bits per heavy atom. The number of aliphatic hydroxyl groups excluding tert-OH is 1. The lowest BCUT2D eigenvalue weighted by Crippen LogP contribution is -2.23. The fourth-order valence-corrected chi connectivity index (χ4v) is 3.30. The van der Waals surface area contributed by atoms with Gasteiger partial charge in [-0.3, -0.25) is 4.68 Å². The van der Waals surface area contributed by atoms with Crippen LogP contribution in [-0.4, -0.2) is 21.5 Å². The van der Waals surface area contributed by atoms with Crippen molar-refractivity contribution in [3.8, 4) is 0 Å². The van der Waals surface area contributed by atoms with Crippen LogP contribution in [-0.2, 0) is 13.1 Å². The van der Waals surface area contributed by atoms with Gasteiger partial charge < -0.3 is 10.4 Å². The zero-order chi connectivity index (χ0) is 16.4. The third-order valence-electron chi connectivity index (χ3n) is 4.66. The zero-order valence-electron chi connectivity index (χ0n) is 13.7. The van der Waals surface area contributed by atoms with Crippen LogP contribution in [0.1, 0.15) is 41.4 Å². The summed E-state index contributed by atoms with van der Waals surface area (Å²) in [4.78, 5) is 0. The second-order valence-electron chi connectivity index (χ2n) is 6.34. The molecular formula is C18H24ClN3O. The van der Waals surface area contributed by atoms with E-state index in [1.54, 1.807) is 0 Å². The summed E-state index contributed by atoms with van der Waals surface area (Å²) in [6.07, 6.45) is 2.56. The number of aryl methyl sites for hydroxylation is 1. The van der Waals surface area contributed by atoms with Crippen LogP contribution in [0.25, 0.3) is 0 Å². The zero-order valence-corrected chi connectivity index (χ0v) is 14.5. The van der Waals surface area contributed by atoms with Crippen LogP contribution in [0.2, 0.25) is 5.02 Å². The van der Waals surface area contributed by atoms with E-state index in [1.165, 1.54) is 24.0 Å². The monoisotopic (exact) mass is 333 g/mol. The van der Waals surface area contributed by atoms with Crippen molar-refractivity contribution in [2.45, 2.75) is 45.8 Å². The molecule has 0 spiro atoms. The lowest BCUT2D eigenvalue weighted by Gasteiger charge is -2.19. The summed E-state index contributed by atoms with van der Waals surface area (Å²) < 4.78 is 1.89. The molecular weight excluding hydrogens is 310 g/mol. The highest BCUT2D eigenvalue weighted by Gasteiger charge is 2.32. The molecule has 0 saturated heterocycles. The Morgan fingerprint density at radius 2 is 2.00 bits per heavy atom. The maximum absolute atomic E-state index is 9.13. The van der Waals surface area contributed by atoms with Gasteiger partial charge in [0, 0.05) is 28.9 Å². The maximum Gasteiger partial charge on any atom is 0.0644 e. The first kappa shape index (κ1) is 16.5. The predicted octanol–water partition coefficient (Wildman–Crippen LogP) is 3.39. The SMILES string of the molecule is Cc1nn(CCO)c(C)c1CN[C@H](c1ccc(Cl)cc1)C1CC1. The summed E-state index contributed by atoms with van der Waals surface area (Å²) in [6.45, 7) is 5.57. The molecule has 0 aliphatic heterocycles. The number of nitrogens with zero attached hydrogens (tertiary/aromatic N) is 2. The maximum atomic E-state index is 9.13. The number of aliphatic hydroxyl groups is 1. The van der Waals surface area contributed by atoms with Crippen molar-refractivity contribution in [2.75, 3.05) is 6.61 Å². The third-order valence-corrected chi connectivity index (χ3v) is 4.92. The first-order chi connectivity index (χ1) is 11.1. The molecule has 124 valence electrons. The van der Waals surface area contributed by atoms with Gasteiger partial charge >= 0.3 is 0 Å². The van der Waals surface area contributed by atoms with Crippen LogP contribution < -0.4 is 5.32 Å². The van der Waals surface area contributed by atoms with E-state index in [0.29, 0.717) is 18.5 Å². The van der Waals surface area contributed by atoms with E-state index in [4.69, 9.17) is 16.7 Å². The molecule has 1 atom stereocenters. The van der Waals surface area contributed by atoms with Crippen LogP contribution >= 0.6 is 11.6 Å². The van der Waals surface area contributed by atoms with Crippen molar-refractivity contribution in [2.24, 2.45) is 5.92 Å². The number of aromatic nitrogens is 2. The van der Waals surface area contributed by atoms with Gasteiger partial charge in [-0.15, -0.1) is 0 Å². The summed E-state index contributed by atoms with van der Waals surface area (Å²) in [7, 11) is 0. The molecule has 1 aromatic carbocycles. The van der Waals surface area contributed by atoms with Gasteiger partial charge in [-0.2, -0.15) is 5.10 Å². The van der Waals surface area contributed by atoms with E-state index >= 15 is 0 Å². The topological polar surface area (TPSA) is 50.1 Å². The molecule has 0 radical (unpaired) electrons. The van der Waals surface area contributed by atoms with E-state index in [9.17, 15) is 0 Å². The highest BCUT2D eigenvalue weighted by molar-refractivity contribution is 6.30. The fraction of sp³-hybridized carbons (Fsp3) is 0.500. The Labute approximate surface area is 142 Å². The molecule has 1 aliphatic carbocycles. The van der Waals surface area contributed by atoms with E-state index in [1.807, 2.05) is 23.7 Å². The summed E-state index contributed by atoms with van der Waals surface area (Å²) in [5.41, 5.74) is 4.71. The lowest BCUT2D eigenvalue weighted by molar-refractivity contribution is 0.267. The van der Waals surface area contributed by atoms with Crippen LogP contribution in [0.4, 0.5) is 0 Å². The first-order valence-electron chi connectivity index (χ1n) is 8.22. The average Bonchev–Trinajstić information content (AvgIpc) is 3.32. The van der Waals surface area contributed by atoms with Crippen molar-refractivity contribution in [1.29, 1.82) is 0 Å². The molecule has 1 aliphatic rings. The second kappa shape index (κ2) is 7.04. The van der Waals surface area contributed by atoms with Gasteiger partial charge in [-0.25, -0.2) is 0 Å². The van der Waals surface area contributed by atoms with E-state index in [-0.39, 0.29) is 6.61 Å². The molecule has 0 amide bonds. The Morgan fingerprint density at radius 1 is 1.30 bits per heavy atom. The molecule has 1 fully saturated rings. The minimum Gasteiger partial charge on any atom is -0.394 e. The van der Waals surface area contributed by atoms with Crippen LogP contribution in [0.15, 0.2) is 24.3 Å². The Balaban J connectivity index is 1.74. The fourth-order valence-electron chi connectivity index (χ4n) is 3.17. The van der Waals surface area contributed by atoms with Gasteiger partial charge in [-0.05, 0) is 50.3 Å². The minimum absolute atomic E-state index is 0.115. The predicted molar refractivity (Wildman–Crippen MR) is 92.5 cm³/mol. The normalized spacial score (nSPS) is 15.8. The number of hydrogen-bond donors (Lipinski definition) is 2. The first-order valence-corrected chi connectivity index (χ1v) is 8.60. The molecule has 0 unspecified atom stereocenters. The van der Waals surface area contributed by atoms with Gasteiger partial charge in [0.15, 0.2) is 0 Å². The summed E-state index contributed by atoms with van der Waals surface area (Å²) in [5, 5.41) is 18.1. The highest BCUT2D eigenvalue weighted by atomic mass is 35.5. The molecule has 2 aromatic rings. The van der Waals surface area contributed by atoms with Gasteiger partial charge in [0.25, 0.3) is 0 Å². The van der Waals surface area contributed by atoms with Gasteiger partial charge in [0.2, 0.25) is 0 Å². The lowest BCUT2D eigenvalue weighted by atomic mass is 10.0. The molecule has 2 N–H and O–H groups in total. The second-order valence-corrected chi connectivity index (χ2v) is 6.78. The summed E-state index contributed by atoms with van der Waals surface area (Å²) in [6, 6.07) is 8.53. The van der Waals surface area contributed by atoms with Crippen molar-refractivity contribution in [1.82, 2.24) is 15.1 Å². The molecule has 4 nitrogen and oxygen atoms in total. The molecule has 1 saturated carbocycles. The number of rotatable bonds is 7.